The summed E-state index contributed by atoms with van der Waals surface area (Å²) in [4.78, 5) is 28.3. The minimum atomic E-state index is -0.642. The molecule has 2 unspecified atom stereocenters. The molecule has 2 fully saturated rings. The van der Waals surface area contributed by atoms with Crippen molar-refractivity contribution in [3.8, 4) is 0 Å². The number of thiophene rings is 1. The van der Waals surface area contributed by atoms with Gasteiger partial charge < -0.3 is 14.7 Å². The maximum absolute atomic E-state index is 12.9. The van der Waals surface area contributed by atoms with Crippen LogP contribution in [0, 0.1) is 6.92 Å². The molecule has 1 amide bonds. The number of ether oxygens (including phenoxy) is 1. The van der Waals surface area contributed by atoms with Crippen LogP contribution in [0.3, 0.4) is 0 Å². The maximum atomic E-state index is 12.9. The summed E-state index contributed by atoms with van der Waals surface area (Å²) < 4.78 is 6.57. The van der Waals surface area contributed by atoms with Crippen molar-refractivity contribution in [3.63, 3.8) is 0 Å². The van der Waals surface area contributed by atoms with E-state index in [4.69, 9.17) is 4.74 Å². The fourth-order valence-electron chi connectivity index (χ4n) is 3.78. The topological polar surface area (TPSA) is 66.8 Å². The lowest BCUT2D eigenvalue weighted by molar-refractivity contribution is -0.140. The minimum absolute atomic E-state index is 0.0753. The maximum Gasteiger partial charge on any atom is 0.295 e. The van der Waals surface area contributed by atoms with Crippen molar-refractivity contribution in [3.05, 3.63) is 61.8 Å². The second kappa shape index (κ2) is 7.81. The molecule has 2 aliphatic rings. The smallest absolute Gasteiger partial charge is 0.295 e. The Morgan fingerprint density at radius 1 is 1.29 bits per heavy atom. The first-order chi connectivity index (χ1) is 13.5. The Balaban J connectivity index is 1.82. The van der Waals surface area contributed by atoms with Crippen molar-refractivity contribution >= 4 is 44.7 Å². The molecule has 0 aliphatic carbocycles. The number of hydrogen-bond donors (Lipinski definition) is 1. The molecule has 28 heavy (non-hydrogen) atoms. The summed E-state index contributed by atoms with van der Waals surface area (Å²) in [6.07, 6.45) is 1.75. The highest BCUT2D eigenvalue weighted by molar-refractivity contribution is 9.10. The standard InChI is InChI=1S/C21H20BrNO4S/c1-12-8-10-28-20(12)17-16(18(24)13-4-6-14(22)7-5-13)19(25)21(26)23(17)11-15-3-2-9-27-15/h4-8,10,15,17,24H,2-3,9,11H2,1H3/b18-16+. The Hall–Kier alpha value is -1.96. The number of nitrogens with zero attached hydrogens (tertiary/aromatic N) is 1. The van der Waals surface area contributed by atoms with Crippen LogP contribution in [0.5, 0.6) is 0 Å². The molecule has 1 aromatic heterocycles. The van der Waals surface area contributed by atoms with E-state index in [-0.39, 0.29) is 17.4 Å². The Morgan fingerprint density at radius 3 is 2.64 bits per heavy atom. The van der Waals surface area contributed by atoms with E-state index in [1.165, 1.54) is 11.3 Å². The van der Waals surface area contributed by atoms with Gasteiger partial charge in [0, 0.05) is 28.1 Å². The lowest BCUT2D eigenvalue weighted by atomic mass is 9.98. The first kappa shape index (κ1) is 19.4. The predicted molar refractivity (Wildman–Crippen MR) is 111 cm³/mol. The molecule has 0 spiro atoms. The molecule has 5 nitrogen and oxygen atoms in total. The third kappa shape index (κ3) is 3.43. The van der Waals surface area contributed by atoms with Crippen LogP contribution in [0.2, 0.25) is 0 Å². The summed E-state index contributed by atoms with van der Waals surface area (Å²) >= 11 is 4.86. The van der Waals surface area contributed by atoms with Gasteiger partial charge in [-0.25, -0.2) is 0 Å². The van der Waals surface area contributed by atoms with Crippen molar-refractivity contribution in [2.75, 3.05) is 13.2 Å². The number of benzene rings is 1. The van der Waals surface area contributed by atoms with Gasteiger partial charge >= 0.3 is 0 Å². The lowest BCUT2D eigenvalue weighted by Gasteiger charge is -2.27. The van der Waals surface area contributed by atoms with Crippen molar-refractivity contribution in [1.29, 1.82) is 0 Å². The SMILES string of the molecule is Cc1ccsc1C1/C(=C(\O)c2ccc(Br)cc2)C(=O)C(=O)N1CC1CCCO1. The Morgan fingerprint density at radius 2 is 2.04 bits per heavy atom. The van der Waals surface area contributed by atoms with E-state index in [2.05, 4.69) is 15.9 Å². The third-order valence-electron chi connectivity index (χ3n) is 5.23. The molecule has 146 valence electrons. The Bertz CT molecular complexity index is 944. The molecule has 2 aliphatic heterocycles. The largest absolute Gasteiger partial charge is 0.507 e. The van der Waals surface area contributed by atoms with Crippen LogP contribution in [0.15, 0.2) is 45.8 Å². The first-order valence-corrected chi connectivity index (χ1v) is 10.8. The van der Waals surface area contributed by atoms with Gasteiger partial charge in [-0.1, -0.05) is 28.1 Å². The number of amides is 1. The fraction of sp³-hybridized carbons (Fsp3) is 0.333. The number of carbonyl (C=O) groups is 2. The van der Waals surface area contributed by atoms with Gasteiger partial charge in [-0.3, -0.25) is 9.59 Å². The van der Waals surface area contributed by atoms with Crippen molar-refractivity contribution in [1.82, 2.24) is 4.90 Å². The number of ketones is 1. The third-order valence-corrected chi connectivity index (χ3v) is 6.83. The average molecular weight is 462 g/mol. The molecule has 3 heterocycles. The minimum Gasteiger partial charge on any atom is -0.507 e. The van der Waals surface area contributed by atoms with Crippen LogP contribution in [0.4, 0.5) is 0 Å². The number of carbonyl (C=O) groups excluding carboxylic acids is 2. The van der Waals surface area contributed by atoms with Gasteiger partial charge in [-0.2, -0.15) is 0 Å². The van der Waals surface area contributed by atoms with E-state index in [1.54, 1.807) is 29.2 Å². The molecule has 0 radical (unpaired) electrons. The second-order valence-corrected chi connectivity index (χ2v) is 8.92. The molecular weight excluding hydrogens is 442 g/mol. The molecule has 1 aromatic carbocycles. The number of hydrogen-bond acceptors (Lipinski definition) is 5. The zero-order chi connectivity index (χ0) is 19.8. The van der Waals surface area contributed by atoms with Gasteiger partial charge in [0.1, 0.15) is 5.76 Å². The number of likely N-dealkylation sites (tertiary alicyclic amines) is 1. The van der Waals surface area contributed by atoms with Crippen LogP contribution in [-0.4, -0.2) is 41.0 Å². The van der Waals surface area contributed by atoms with Crippen LogP contribution < -0.4 is 0 Å². The molecule has 4 rings (SSSR count). The van der Waals surface area contributed by atoms with E-state index < -0.39 is 17.7 Å². The number of aliphatic hydroxyl groups is 1. The highest BCUT2D eigenvalue weighted by Crippen LogP contribution is 2.43. The quantitative estimate of drug-likeness (QED) is 0.415. The molecule has 2 atom stereocenters. The van der Waals surface area contributed by atoms with Crippen molar-refractivity contribution in [2.24, 2.45) is 0 Å². The van der Waals surface area contributed by atoms with Gasteiger partial charge in [-0.15, -0.1) is 11.3 Å². The van der Waals surface area contributed by atoms with Crippen LogP contribution in [0.25, 0.3) is 5.76 Å². The summed E-state index contributed by atoms with van der Waals surface area (Å²) in [5, 5.41) is 12.9. The van der Waals surface area contributed by atoms with Gasteiger partial charge in [-0.05, 0) is 48.9 Å². The van der Waals surface area contributed by atoms with Gasteiger partial charge in [0.15, 0.2) is 0 Å². The van der Waals surface area contributed by atoms with E-state index in [0.717, 1.165) is 27.8 Å². The molecule has 2 saturated heterocycles. The first-order valence-electron chi connectivity index (χ1n) is 9.17. The number of aryl methyl sites for hydroxylation is 1. The molecule has 0 bridgehead atoms. The van der Waals surface area contributed by atoms with Gasteiger partial charge in [0.25, 0.3) is 11.7 Å². The zero-order valence-corrected chi connectivity index (χ0v) is 17.8. The lowest BCUT2D eigenvalue weighted by Crippen LogP contribution is -2.36. The zero-order valence-electron chi connectivity index (χ0n) is 15.4. The number of Topliss-reactive ketones (excluding diaryl/α,β-unsaturated/α-hetero) is 1. The fourth-order valence-corrected chi connectivity index (χ4v) is 5.09. The molecule has 1 N–H and O–H groups in total. The van der Waals surface area contributed by atoms with E-state index in [1.807, 2.05) is 18.4 Å². The van der Waals surface area contributed by atoms with Crippen LogP contribution in [-0.2, 0) is 14.3 Å². The monoisotopic (exact) mass is 461 g/mol. The molecule has 7 heteroatoms. The van der Waals surface area contributed by atoms with E-state index >= 15 is 0 Å². The molecule has 0 saturated carbocycles. The highest BCUT2D eigenvalue weighted by Gasteiger charge is 2.47. The van der Waals surface area contributed by atoms with Crippen molar-refractivity contribution in [2.45, 2.75) is 31.9 Å². The normalized spacial score (nSPS) is 24.3. The van der Waals surface area contributed by atoms with Crippen LogP contribution >= 0.6 is 27.3 Å². The second-order valence-electron chi connectivity index (χ2n) is 7.06. The Labute approximate surface area is 175 Å². The highest BCUT2D eigenvalue weighted by atomic mass is 79.9. The Kier molecular flexibility index (Phi) is 5.40. The number of rotatable bonds is 4. The summed E-state index contributed by atoms with van der Waals surface area (Å²) in [5.41, 5.74) is 1.66. The summed E-state index contributed by atoms with van der Waals surface area (Å²) in [6.45, 7) is 2.98. The summed E-state index contributed by atoms with van der Waals surface area (Å²) in [5.74, 6) is -1.36. The summed E-state index contributed by atoms with van der Waals surface area (Å²) in [7, 11) is 0. The van der Waals surface area contributed by atoms with E-state index in [0.29, 0.717) is 18.7 Å². The van der Waals surface area contributed by atoms with Crippen LogP contribution in [0.1, 0.15) is 34.9 Å². The summed E-state index contributed by atoms with van der Waals surface area (Å²) in [6, 6.07) is 8.42. The van der Waals surface area contributed by atoms with Gasteiger partial charge in [0.2, 0.25) is 0 Å². The molecular formula is C21H20BrNO4S. The molecule has 2 aromatic rings. The van der Waals surface area contributed by atoms with Crippen molar-refractivity contribution < 1.29 is 19.4 Å². The van der Waals surface area contributed by atoms with E-state index in [9.17, 15) is 14.7 Å². The van der Waals surface area contributed by atoms with Gasteiger partial charge in [0.05, 0.1) is 17.7 Å². The predicted octanol–water partition coefficient (Wildman–Crippen LogP) is 4.42. The average Bonchev–Trinajstić information content (AvgIpc) is 3.39. The number of aliphatic hydroxyl groups excluding tert-OH is 1. The number of halogens is 1.